The van der Waals surface area contributed by atoms with Gasteiger partial charge in [-0.2, -0.15) is 0 Å². The first-order valence-corrected chi connectivity index (χ1v) is 8.22. The van der Waals surface area contributed by atoms with Gasteiger partial charge in [0.05, 0.1) is 0 Å². The van der Waals surface area contributed by atoms with Crippen molar-refractivity contribution in [2.45, 2.75) is 84.3 Å². The lowest BCUT2D eigenvalue weighted by molar-refractivity contribution is -0.181. The zero-order valence-corrected chi connectivity index (χ0v) is 13.5. The van der Waals surface area contributed by atoms with Gasteiger partial charge in [-0.05, 0) is 19.3 Å². The molecule has 1 heterocycles. The van der Waals surface area contributed by atoms with E-state index >= 15 is 0 Å². The second kappa shape index (κ2) is 8.32. The van der Waals surface area contributed by atoms with E-state index < -0.39 is 11.6 Å². The van der Waals surface area contributed by atoms with Crippen LogP contribution in [0.15, 0.2) is 11.3 Å². The number of hydrogen-bond donors (Lipinski definition) is 1. The number of rotatable bonds is 10. The zero-order chi connectivity index (χ0) is 15.9. The summed E-state index contributed by atoms with van der Waals surface area (Å²) in [4.78, 5) is 24.7. The highest BCUT2D eigenvalue weighted by atomic mass is 16.6. The van der Waals surface area contributed by atoms with Gasteiger partial charge in [-0.25, -0.2) is 0 Å². The predicted octanol–water partition coefficient (Wildman–Crippen LogP) is 3.67. The third-order valence-corrected chi connectivity index (χ3v) is 3.82. The van der Waals surface area contributed by atoms with Gasteiger partial charge in [0.2, 0.25) is 5.78 Å². The summed E-state index contributed by atoms with van der Waals surface area (Å²) in [6, 6.07) is 0. The Balaban J connectivity index is 2.93. The van der Waals surface area contributed by atoms with Crippen LogP contribution in [-0.4, -0.2) is 22.5 Å². The quantitative estimate of drug-likeness (QED) is 0.625. The number of ketones is 2. The van der Waals surface area contributed by atoms with E-state index in [-0.39, 0.29) is 17.8 Å². The van der Waals surface area contributed by atoms with Crippen LogP contribution in [0.5, 0.6) is 0 Å². The minimum atomic E-state index is -1.81. The summed E-state index contributed by atoms with van der Waals surface area (Å²) < 4.78 is 5.54. The molecule has 0 spiro atoms. The first-order chi connectivity index (χ1) is 10.00. The molecule has 0 saturated heterocycles. The number of Topliss-reactive ketones (excluding diaryl/α,β-unsaturated/α-hetero) is 2. The van der Waals surface area contributed by atoms with Crippen molar-refractivity contribution in [3.05, 3.63) is 11.3 Å². The zero-order valence-electron chi connectivity index (χ0n) is 13.5. The molecule has 0 saturated carbocycles. The largest absolute Gasteiger partial charge is 0.458 e. The second-order valence-electron chi connectivity index (χ2n) is 5.75. The smallest absolute Gasteiger partial charge is 0.272 e. The molecule has 0 aromatic rings. The number of unbranched alkanes of at least 4 members (excludes halogenated alkanes) is 3. The van der Waals surface area contributed by atoms with Gasteiger partial charge in [0.15, 0.2) is 5.78 Å². The van der Waals surface area contributed by atoms with E-state index in [1.165, 1.54) is 0 Å². The Labute approximate surface area is 127 Å². The monoisotopic (exact) mass is 296 g/mol. The molecule has 1 aliphatic heterocycles. The average Bonchev–Trinajstić information content (AvgIpc) is 2.72. The Morgan fingerprint density at radius 1 is 1.10 bits per heavy atom. The van der Waals surface area contributed by atoms with Crippen LogP contribution < -0.4 is 0 Å². The molecule has 1 N–H and O–H groups in total. The number of ether oxygens (including phenoxy) is 1. The van der Waals surface area contributed by atoms with E-state index in [0.717, 1.165) is 32.1 Å². The molecule has 0 aromatic heterocycles. The van der Waals surface area contributed by atoms with E-state index in [2.05, 4.69) is 0 Å². The maximum atomic E-state index is 12.5. The molecule has 1 rings (SSSR count). The standard InChI is InChI=1S/C17H28O4/c1-4-7-10-13(18)15-14(11-8-5-2)21-17(20,16(15)19)12-9-6-3/h20H,4-12H2,1-3H3. The average molecular weight is 296 g/mol. The Bertz CT molecular complexity index is 411. The van der Waals surface area contributed by atoms with Crippen molar-refractivity contribution in [3.8, 4) is 0 Å². The molecule has 21 heavy (non-hydrogen) atoms. The van der Waals surface area contributed by atoms with Crippen LogP contribution in [0.3, 0.4) is 0 Å². The maximum Gasteiger partial charge on any atom is 0.272 e. The first kappa shape index (κ1) is 17.9. The molecular formula is C17H28O4. The molecule has 0 radical (unpaired) electrons. The number of carbonyl (C=O) groups is 2. The van der Waals surface area contributed by atoms with Gasteiger partial charge in [0.25, 0.3) is 5.79 Å². The van der Waals surface area contributed by atoms with Crippen LogP contribution in [0.4, 0.5) is 0 Å². The van der Waals surface area contributed by atoms with E-state index in [9.17, 15) is 14.7 Å². The van der Waals surface area contributed by atoms with E-state index in [1.807, 2.05) is 20.8 Å². The summed E-state index contributed by atoms with van der Waals surface area (Å²) in [5.41, 5.74) is 0.121. The first-order valence-electron chi connectivity index (χ1n) is 8.22. The minimum absolute atomic E-state index is 0.121. The SMILES string of the molecule is CCCCC(=O)C1=C(CCCC)OC(O)(CCCC)C1=O. The number of aliphatic hydroxyl groups is 1. The summed E-state index contributed by atoms with van der Waals surface area (Å²) in [5.74, 6) is -2.11. The van der Waals surface area contributed by atoms with Gasteiger partial charge < -0.3 is 9.84 Å². The van der Waals surface area contributed by atoms with Crippen molar-refractivity contribution in [1.82, 2.24) is 0 Å². The van der Waals surface area contributed by atoms with Gasteiger partial charge in [0, 0.05) is 19.3 Å². The minimum Gasteiger partial charge on any atom is -0.458 e. The summed E-state index contributed by atoms with van der Waals surface area (Å²) in [5, 5.41) is 10.4. The Morgan fingerprint density at radius 2 is 1.71 bits per heavy atom. The Kier molecular flexibility index (Phi) is 7.09. The van der Waals surface area contributed by atoms with Gasteiger partial charge >= 0.3 is 0 Å². The molecular weight excluding hydrogens is 268 g/mol. The molecule has 0 aliphatic carbocycles. The molecule has 1 atom stereocenters. The maximum absolute atomic E-state index is 12.5. The molecule has 1 aliphatic rings. The lowest BCUT2D eigenvalue weighted by Crippen LogP contribution is -2.38. The fraction of sp³-hybridized carbons (Fsp3) is 0.765. The molecule has 0 amide bonds. The highest BCUT2D eigenvalue weighted by Gasteiger charge is 2.49. The van der Waals surface area contributed by atoms with Gasteiger partial charge in [0.1, 0.15) is 11.3 Å². The third-order valence-electron chi connectivity index (χ3n) is 3.82. The van der Waals surface area contributed by atoms with Crippen LogP contribution in [0.25, 0.3) is 0 Å². The van der Waals surface area contributed by atoms with E-state index in [4.69, 9.17) is 4.74 Å². The molecule has 4 nitrogen and oxygen atoms in total. The summed E-state index contributed by atoms with van der Waals surface area (Å²) in [7, 11) is 0. The van der Waals surface area contributed by atoms with E-state index in [1.54, 1.807) is 0 Å². The number of allylic oxidation sites excluding steroid dienone is 1. The summed E-state index contributed by atoms with van der Waals surface area (Å²) >= 11 is 0. The van der Waals surface area contributed by atoms with Crippen molar-refractivity contribution < 1.29 is 19.4 Å². The van der Waals surface area contributed by atoms with Gasteiger partial charge in [-0.15, -0.1) is 0 Å². The third kappa shape index (κ3) is 4.40. The van der Waals surface area contributed by atoms with Gasteiger partial charge in [-0.1, -0.05) is 40.0 Å². The fourth-order valence-corrected chi connectivity index (χ4v) is 2.46. The van der Waals surface area contributed by atoms with E-state index in [0.29, 0.717) is 25.0 Å². The van der Waals surface area contributed by atoms with Crippen molar-refractivity contribution in [1.29, 1.82) is 0 Å². The van der Waals surface area contributed by atoms with Crippen LogP contribution >= 0.6 is 0 Å². The summed E-state index contributed by atoms with van der Waals surface area (Å²) in [6.07, 6.45) is 6.15. The molecule has 1 unspecified atom stereocenters. The fourth-order valence-electron chi connectivity index (χ4n) is 2.46. The van der Waals surface area contributed by atoms with Crippen molar-refractivity contribution >= 4 is 11.6 Å². The van der Waals surface area contributed by atoms with Crippen molar-refractivity contribution in [2.75, 3.05) is 0 Å². The number of carbonyl (C=O) groups excluding carboxylic acids is 2. The van der Waals surface area contributed by atoms with Crippen molar-refractivity contribution in [3.63, 3.8) is 0 Å². The molecule has 0 bridgehead atoms. The predicted molar refractivity (Wildman–Crippen MR) is 81.6 cm³/mol. The van der Waals surface area contributed by atoms with Crippen molar-refractivity contribution in [2.24, 2.45) is 0 Å². The normalized spacial score (nSPS) is 21.8. The Morgan fingerprint density at radius 3 is 2.29 bits per heavy atom. The molecule has 120 valence electrons. The highest BCUT2D eigenvalue weighted by Crippen LogP contribution is 2.36. The lowest BCUT2D eigenvalue weighted by Gasteiger charge is -2.21. The lowest BCUT2D eigenvalue weighted by atomic mass is 9.94. The van der Waals surface area contributed by atoms with Gasteiger partial charge in [-0.3, -0.25) is 9.59 Å². The highest BCUT2D eigenvalue weighted by molar-refractivity contribution is 6.24. The van der Waals surface area contributed by atoms with Crippen LogP contribution in [0, 0.1) is 0 Å². The van der Waals surface area contributed by atoms with Crippen LogP contribution in [-0.2, 0) is 14.3 Å². The summed E-state index contributed by atoms with van der Waals surface area (Å²) in [6.45, 7) is 6.03. The molecule has 0 fully saturated rings. The molecule has 0 aromatic carbocycles. The molecule has 4 heteroatoms. The Hall–Kier alpha value is -1.16. The second-order valence-corrected chi connectivity index (χ2v) is 5.75. The van der Waals surface area contributed by atoms with Crippen LogP contribution in [0.1, 0.15) is 78.6 Å². The topological polar surface area (TPSA) is 63.6 Å². The van der Waals surface area contributed by atoms with Crippen LogP contribution in [0.2, 0.25) is 0 Å². The number of hydrogen-bond acceptors (Lipinski definition) is 4.